The Morgan fingerprint density at radius 1 is 1.39 bits per heavy atom. The second kappa shape index (κ2) is 11.1. The number of fused-ring (bicyclic) bond motifs is 1. The second-order valence-corrected chi connectivity index (χ2v) is 9.67. The molecule has 2 aromatic rings. The number of carbonyl (C=O) groups excluding carboxylic acids is 2. The summed E-state index contributed by atoms with van der Waals surface area (Å²) in [7, 11) is 1.56. The van der Waals surface area contributed by atoms with Crippen molar-refractivity contribution in [1.29, 1.82) is 0 Å². The van der Waals surface area contributed by atoms with E-state index in [1.165, 1.54) is 29.3 Å². The van der Waals surface area contributed by atoms with E-state index in [0.29, 0.717) is 5.56 Å². The van der Waals surface area contributed by atoms with E-state index in [4.69, 9.17) is 4.74 Å². The highest BCUT2D eigenvalue weighted by Crippen LogP contribution is 2.27. The Kier molecular flexibility index (Phi) is 8.33. The topological polar surface area (TPSA) is 103 Å². The molecule has 2 amide bonds. The van der Waals surface area contributed by atoms with E-state index < -0.39 is 29.5 Å². The zero-order chi connectivity index (χ0) is 26.6. The molecule has 0 spiro atoms. The van der Waals surface area contributed by atoms with Crippen molar-refractivity contribution in [3.05, 3.63) is 59.0 Å². The summed E-state index contributed by atoms with van der Waals surface area (Å²) in [5, 5.41) is 19.7. The number of halogens is 1. The summed E-state index contributed by atoms with van der Waals surface area (Å²) in [4.78, 5) is 33.6. The average molecular weight is 498 g/mol. The number of likely N-dealkylation sites (N-methyl/N-ethyl adjacent to an activating group) is 1. The first-order valence-electron chi connectivity index (χ1n) is 11.7. The lowest BCUT2D eigenvalue weighted by Crippen LogP contribution is -2.50. The Labute approximate surface area is 210 Å². The number of nitrogens with zero attached hydrogens (tertiary/aromatic N) is 3. The second-order valence-electron chi connectivity index (χ2n) is 9.67. The fraction of sp³-hybridized carbons (Fsp3) is 0.444. The predicted octanol–water partition coefficient (Wildman–Crippen LogP) is 2.34. The van der Waals surface area contributed by atoms with Gasteiger partial charge in [-0.25, -0.2) is 9.37 Å². The minimum absolute atomic E-state index is 0.0437. The van der Waals surface area contributed by atoms with Gasteiger partial charge in [-0.05, 0) is 39.0 Å². The number of carbonyl (C=O) groups is 2. The summed E-state index contributed by atoms with van der Waals surface area (Å²) in [5.41, 5.74) is -0.685. The van der Waals surface area contributed by atoms with Crippen molar-refractivity contribution >= 4 is 11.8 Å². The quantitative estimate of drug-likeness (QED) is 0.615. The number of hydrogen-bond donors (Lipinski definition) is 2. The smallest absolute Gasteiger partial charge is 0.259 e. The van der Waals surface area contributed by atoms with Gasteiger partial charge in [0.1, 0.15) is 23.1 Å². The van der Waals surface area contributed by atoms with Crippen molar-refractivity contribution in [2.24, 2.45) is 5.92 Å². The van der Waals surface area contributed by atoms with Gasteiger partial charge in [-0.1, -0.05) is 30.9 Å². The zero-order valence-corrected chi connectivity index (χ0v) is 21.2. The molecule has 1 aromatic heterocycles. The zero-order valence-electron chi connectivity index (χ0n) is 21.2. The standard InChI is InChI=1S/C27H32FN3O5/c1-17-14-31(18(2)16-32)26(34)21-12-19(10-11-27(3,4)35)13-29-24(21)36-23(17)15-30(5)25(33)20-8-6-7-9-22(20)28/h6-9,12-13,17-18,23,32,35H,14-16H2,1-5H3/t17-,18+,23-/m0/s1. The van der Waals surface area contributed by atoms with E-state index in [0.717, 1.165) is 0 Å². The Morgan fingerprint density at radius 2 is 2.08 bits per heavy atom. The molecule has 0 radical (unpaired) electrons. The number of aliphatic hydroxyl groups is 2. The third kappa shape index (κ3) is 6.39. The SMILES string of the molecule is C[C@H](CO)N1C[C@H](C)[C@H](CN(C)C(=O)c2ccccc2F)Oc2ncc(C#CC(C)(C)O)cc2C1=O. The van der Waals surface area contributed by atoms with Crippen LogP contribution in [-0.2, 0) is 0 Å². The maximum absolute atomic E-state index is 14.2. The fourth-order valence-electron chi connectivity index (χ4n) is 3.81. The van der Waals surface area contributed by atoms with Gasteiger partial charge in [0.05, 0.1) is 24.8 Å². The number of ether oxygens (including phenoxy) is 1. The van der Waals surface area contributed by atoms with Crippen LogP contribution in [0.2, 0.25) is 0 Å². The Hall–Kier alpha value is -3.48. The van der Waals surface area contributed by atoms with Crippen LogP contribution in [0.1, 0.15) is 54.0 Å². The molecule has 9 heteroatoms. The van der Waals surface area contributed by atoms with Crippen molar-refractivity contribution < 1.29 is 28.9 Å². The summed E-state index contributed by atoms with van der Waals surface area (Å²) in [6.45, 7) is 6.84. The molecule has 0 saturated carbocycles. The van der Waals surface area contributed by atoms with Crippen molar-refractivity contribution in [3.8, 4) is 17.7 Å². The van der Waals surface area contributed by atoms with Crippen molar-refractivity contribution in [3.63, 3.8) is 0 Å². The monoisotopic (exact) mass is 497 g/mol. The van der Waals surface area contributed by atoms with Gasteiger partial charge in [-0.2, -0.15) is 0 Å². The van der Waals surface area contributed by atoms with Crippen LogP contribution in [-0.4, -0.2) is 81.3 Å². The molecule has 3 atom stereocenters. The van der Waals surface area contributed by atoms with Crippen molar-refractivity contribution in [1.82, 2.24) is 14.8 Å². The number of pyridine rings is 1. The molecule has 1 aliphatic heterocycles. The fourth-order valence-corrected chi connectivity index (χ4v) is 3.81. The number of aromatic nitrogens is 1. The van der Waals surface area contributed by atoms with Gasteiger partial charge >= 0.3 is 0 Å². The number of benzene rings is 1. The molecular weight excluding hydrogens is 465 g/mol. The van der Waals surface area contributed by atoms with Crippen LogP contribution in [0, 0.1) is 23.6 Å². The van der Waals surface area contributed by atoms with Crippen LogP contribution >= 0.6 is 0 Å². The summed E-state index contributed by atoms with van der Waals surface area (Å²) in [6.07, 6.45) is 0.870. The molecule has 0 aliphatic carbocycles. The first-order chi connectivity index (χ1) is 16.9. The Morgan fingerprint density at radius 3 is 2.72 bits per heavy atom. The maximum Gasteiger partial charge on any atom is 0.259 e. The van der Waals surface area contributed by atoms with Crippen molar-refractivity contribution in [2.45, 2.75) is 45.4 Å². The highest BCUT2D eigenvalue weighted by molar-refractivity contribution is 5.97. The Balaban J connectivity index is 1.97. The van der Waals surface area contributed by atoms with Gasteiger partial charge in [-0.3, -0.25) is 9.59 Å². The first-order valence-corrected chi connectivity index (χ1v) is 11.7. The van der Waals surface area contributed by atoms with Crippen LogP contribution < -0.4 is 4.74 Å². The van der Waals surface area contributed by atoms with Crippen LogP contribution in [0.5, 0.6) is 5.88 Å². The molecule has 0 bridgehead atoms. The highest BCUT2D eigenvalue weighted by atomic mass is 19.1. The maximum atomic E-state index is 14.2. The van der Waals surface area contributed by atoms with Crippen LogP contribution in [0.25, 0.3) is 0 Å². The number of rotatable bonds is 5. The summed E-state index contributed by atoms with van der Waals surface area (Å²) >= 11 is 0. The third-order valence-corrected chi connectivity index (χ3v) is 5.94. The summed E-state index contributed by atoms with van der Waals surface area (Å²) in [6, 6.07) is 6.83. The molecular formula is C27H32FN3O5. The molecule has 1 aromatic carbocycles. The lowest BCUT2D eigenvalue weighted by atomic mass is 9.99. The summed E-state index contributed by atoms with van der Waals surface area (Å²) < 4.78 is 20.3. The van der Waals surface area contributed by atoms with Gasteiger partial charge in [0, 0.05) is 31.3 Å². The van der Waals surface area contributed by atoms with Crippen LogP contribution in [0.15, 0.2) is 36.5 Å². The average Bonchev–Trinajstić information content (AvgIpc) is 2.83. The molecule has 3 rings (SSSR count). The molecule has 0 fully saturated rings. The molecule has 8 nitrogen and oxygen atoms in total. The van der Waals surface area contributed by atoms with Crippen molar-refractivity contribution in [2.75, 3.05) is 26.7 Å². The lowest BCUT2D eigenvalue weighted by Gasteiger charge is -2.37. The Bertz CT molecular complexity index is 1180. The van der Waals surface area contributed by atoms with Gasteiger partial charge in [0.2, 0.25) is 5.88 Å². The van der Waals surface area contributed by atoms with E-state index in [1.807, 2.05) is 6.92 Å². The van der Waals surface area contributed by atoms with Gasteiger partial charge < -0.3 is 24.7 Å². The number of hydrogen-bond acceptors (Lipinski definition) is 6. The van der Waals surface area contributed by atoms with Gasteiger partial charge in [-0.15, -0.1) is 0 Å². The van der Waals surface area contributed by atoms with Gasteiger partial charge in [0.25, 0.3) is 11.8 Å². The van der Waals surface area contributed by atoms with E-state index in [-0.39, 0.29) is 48.5 Å². The lowest BCUT2D eigenvalue weighted by molar-refractivity contribution is 0.0312. The minimum Gasteiger partial charge on any atom is -0.472 e. The number of aliphatic hydroxyl groups excluding tert-OH is 1. The van der Waals surface area contributed by atoms with Gasteiger partial charge in [0.15, 0.2) is 0 Å². The molecule has 0 saturated heterocycles. The highest BCUT2D eigenvalue weighted by Gasteiger charge is 2.35. The van der Waals surface area contributed by atoms with Crippen LogP contribution in [0.4, 0.5) is 4.39 Å². The first kappa shape index (κ1) is 27.1. The minimum atomic E-state index is -1.22. The predicted molar refractivity (Wildman–Crippen MR) is 132 cm³/mol. The number of amides is 2. The third-order valence-electron chi connectivity index (χ3n) is 5.94. The molecule has 1 aliphatic rings. The molecule has 192 valence electrons. The van der Waals surface area contributed by atoms with E-state index in [1.54, 1.807) is 44.9 Å². The van der Waals surface area contributed by atoms with E-state index >= 15 is 0 Å². The molecule has 2 heterocycles. The summed E-state index contributed by atoms with van der Waals surface area (Å²) in [5.74, 6) is 3.86. The van der Waals surface area contributed by atoms with E-state index in [2.05, 4.69) is 16.8 Å². The largest absolute Gasteiger partial charge is 0.472 e. The molecule has 0 unspecified atom stereocenters. The molecule has 2 N–H and O–H groups in total. The molecule has 36 heavy (non-hydrogen) atoms. The van der Waals surface area contributed by atoms with Crippen LogP contribution in [0.3, 0.4) is 0 Å². The normalized spacial score (nSPS) is 18.7. The van der Waals surface area contributed by atoms with E-state index in [9.17, 15) is 24.2 Å².